The number of thiophene rings is 1. The molecule has 2 rings (SSSR count). The highest BCUT2D eigenvalue weighted by Crippen LogP contribution is 2.17. The summed E-state index contributed by atoms with van der Waals surface area (Å²) in [4.78, 5) is 23.7. The molecule has 1 heterocycles. The van der Waals surface area contributed by atoms with Gasteiger partial charge in [0.1, 0.15) is 0 Å². The van der Waals surface area contributed by atoms with Crippen molar-refractivity contribution in [2.75, 3.05) is 11.9 Å². The Hall–Kier alpha value is -2.18. The molecule has 2 aromatic rings. The van der Waals surface area contributed by atoms with Gasteiger partial charge in [-0.15, -0.1) is 0 Å². The maximum Gasteiger partial charge on any atom is 0.313 e. The predicted octanol–water partition coefficient (Wildman–Crippen LogP) is 2.15. The molecule has 22 heavy (non-hydrogen) atoms. The number of carbonyl (C=O) groups excluding carboxylic acids is 2. The van der Waals surface area contributed by atoms with E-state index in [1.165, 1.54) is 11.3 Å². The molecule has 1 atom stereocenters. The molecule has 0 aliphatic carbocycles. The molecule has 0 aliphatic heterocycles. The van der Waals surface area contributed by atoms with Crippen LogP contribution in [-0.4, -0.2) is 23.5 Å². The highest BCUT2D eigenvalue weighted by atomic mass is 32.1. The fraction of sp³-hybridized carbons (Fsp3) is 0.250. The minimum Gasteiger partial charge on any atom is -0.387 e. The van der Waals surface area contributed by atoms with Crippen LogP contribution in [0, 0.1) is 13.8 Å². The number of anilines is 1. The molecule has 0 spiro atoms. The fourth-order valence-electron chi connectivity index (χ4n) is 1.90. The quantitative estimate of drug-likeness (QED) is 0.756. The van der Waals surface area contributed by atoms with Crippen molar-refractivity contribution in [2.45, 2.75) is 20.0 Å². The third-order valence-electron chi connectivity index (χ3n) is 3.23. The van der Waals surface area contributed by atoms with Gasteiger partial charge in [0.2, 0.25) is 0 Å². The Kier molecular flexibility index (Phi) is 5.30. The van der Waals surface area contributed by atoms with Crippen molar-refractivity contribution in [1.82, 2.24) is 5.32 Å². The first-order chi connectivity index (χ1) is 10.5. The van der Waals surface area contributed by atoms with E-state index >= 15 is 0 Å². The van der Waals surface area contributed by atoms with Crippen LogP contribution in [0.2, 0.25) is 0 Å². The number of benzene rings is 1. The summed E-state index contributed by atoms with van der Waals surface area (Å²) in [6.07, 6.45) is -0.816. The van der Waals surface area contributed by atoms with Crippen molar-refractivity contribution < 1.29 is 14.7 Å². The Morgan fingerprint density at radius 2 is 2.00 bits per heavy atom. The maximum absolute atomic E-state index is 11.9. The molecule has 1 aromatic heterocycles. The van der Waals surface area contributed by atoms with Crippen molar-refractivity contribution in [3.63, 3.8) is 0 Å². The molecule has 2 amide bonds. The molecule has 0 bridgehead atoms. The number of carbonyl (C=O) groups is 2. The minimum absolute atomic E-state index is 0.00418. The molecule has 0 aliphatic rings. The van der Waals surface area contributed by atoms with Gasteiger partial charge in [0.15, 0.2) is 0 Å². The zero-order valence-electron chi connectivity index (χ0n) is 12.4. The highest BCUT2D eigenvalue weighted by molar-refractivity contribution is 7.07. The molecule has 1 unspecified atom stereocenters. The number of nitrogens with one attached hydrogen (secondary N) is 2. The fourth-order valence-corrected chi connectivity index (χ4v) is 2.61. The summed E-state index contributed by atoms with van der Waals surface area (Å²) in [6, 6.07) is 7.39. The number of aliphatic hydroxyl groups excluding tert-OH is 1. The molecule has 5 nitrogen and oxygen atoms in total. The molecule has 0 saturated heterocycles. The first-order valence-electron chi connectivity index (χ1n) is 6.84. The molecule has 0 saturated carbocycles. The third-order valence-corrected chi connectivity index (χ3v) is 3.93. The lowest BCUT2D eigenvalue weighted by Crippen LogP contribution is -2.37. The van der Waals surface area contributed by atoms with Crippen molar-refractivity contribution in [2.24, 2.45) is 0 Å². The largest absolute Gasteiger partial charge is 0.387 e. The number of amides is 2. The van der Waals surface area contributed by atoms with E-state index in [4.69, 9.17) is 0 Å². The zero-order valence-corrected chi connectivity index (χ0v) is 13.2. The topological polar surface area (TPSA) is 78.4 Å². The Morgan fingerprint density at radius 1 is 1.23 bits per heavy atom. The Morgan fingerprint density at radius 3 is 2.68 bits per heavy atom. The van der Waals surface area contributed by atoms with E-state index in [-0.39, 0.29) is 6.54 Å². The second-order valence-electron chi connectivity index (χ2n) is 5.06. The van der Waals surface area contributed by atoms with Crippen molar-refractivity contribution >= 4 is 28.8 Å². The van der Waals surface area contributed by atoms with Crippen LogP contribution in [0.25, 0.3) is 0 Å². The van der Waals surface area contributed by atoms with Gasteiger partial charge in [0.05, 0.1) is 6.10 Å². The normalized spacial score (nSPS) is 11.8. The minimum atomic E-state index is -0.816. The van der Waals surface area contributed by atoms with Gasteiger partial charge in [-0.1, -0.05) is 12.1 Å². The van der Waals surface area contributed by atoms with E-state index in [2.05, 4.69) is 10.6 Å². The Bertz CT molecular complexity index is 668. The smallest absolute Gasteiger partial charge is 0.313 e. The average molecular weight is 318 g/mol. The van der Waals surface area contributed by atoms with E-state index in [1.54, 1.807) is 17.5 Å². The number of rotatable bonds is 4. The van der Waals surface area contributed by atoms with Gasteiger partial charge in [-0.25, -0.2) is 0 Å². The van der Waals surface area contributed by atoms with Crippen LogP contribution in [0.5, 0.6) is 0 Å². The van der Waals surface area contributed by atoms with Gasteiger partial charge >= 0.3 is 11.8 Å². The van der Waals surface area contributed by atoms with Crippen LogP contribution in [-0.2, 0) is 9.59 Å². The molecular formula is C16H18N2O3S. The second-order valence-corrected chi connectivity index (χ2v) is 5.84. The van der Waals surface area contributed by atoms with E-state index < -0.39 is 17.9 Å². The summed E-state index contributed by atoms with van der Waals surface area (Å²) in [5.41, 5.74) is 3.21. The van der Waals surface area contributed by atoms with E-state index in [0.717, 1.165) is 16.7 Å². The summed E-state index contributed by atoms with van der Waals surface area (Å²) < 4.78 is 0. The van der Waals surface area contributed by atoms with Crippen LogP contribution in [0.4, 0.5) is 5.69 Å². The molecule has 0 fully saturated rings. The van der Waals surface area contributed by atoms with Crippen molar-refractivity contribution in [3.05, 3.63) is 51.7 Å². The molecule has 0 radical (unpaired) electrons. The van der Waals surface area contributed by atoms with Gasteiger partial charge in [-0.2, -0.15) is 11.3 Å². The van der Waals surface area contributed by atoms with Crippen molar-refractivity contribution in [3.8, 4) is 0 Å². The lowest BCUT2D eigenvalue weighted by atomic mass is 10.1. The molecule has 6 heteroatoms. The third kappa shape index (κ3) is 4.16. The Balaban J connectivity index is 1.89. The van der Waals surface area contributed by atoms with Gasteiger partial charge in [0.25, 0.3) is 0 Å². The zero-order chi connectivity index (χ0) is 16.1. The summed E-state index contributed by atoms with van der Waals surface area (Å²) in [5.74, 6) is -1.51. The molecule has 3 N–H and O–H groups in total. The second kappa shape index (κ2) is 7.20. The maximum atomic E-state index is 11.9. The molecule has 1 aromatic carbocycles. The molecule has 116 valence electrons. The van der Waals surface area contributed by atoms with Gasteiger partial charge in [-0.05, 0) is 53.4 Å². The summed E-state index contributed by atoms with van der Waals surface area (Å²) in [7, 11) is 0. The van der Waals surface area contributed by atoms with Crippen molar-refractivity contribution in [1.29, 1.82) is 0 Å². The number of aliphatic hydroxyl groups is 1. The summed E-state index contributed by atoms with van der Waals surface area (Å²) in [6.45, 7) is 3.76. The molecular weight excluding hydrogens is 300 g/mol. The van der Waals surface area contributed by atoms with E-state index in [0.29, 0.717) is 5.69 Å². The van der Waals surface area contributed by atoms with Crippen LogP contribution < -0.4 is 10.6 Å². The first kappa shape index (κ1) is 16.2. The van der Waals surface area contributed by atoms with E-state index in [1.807, 2.05) is 31.4 Å². The van der Waals surface area contributed by atoms with Gasteiger partial charge in [-0.3, -0.25) is 9.59 Å². The monoisotopic (exact) mass is 318 g/mol. The van der Waals surface area contributed by atoms with Crippen LogP contribution in [0.3, 0.4) is 0 Å². The van der Waals surface area contributed by atoms with Gasteiger partial charge < -0.3 is 15.7 Å². The summed E-state index contributed by atoms with van der Waals surface area (Å²) in [5, 5.41) is 18.5. The number of hydrogen-bond donors (Lipinski definition) is 3. The predicted molar refractivity (Wildman–Crippen MR) is 86.8 cm³/mol. The summed E-state index contributed by atoms with van der Waals surface area (Å²) >= 11 is 1.46. The SMILES string of the molecule is Cc1ccc(C)c(NC(=O)C(=O)NCC(O)c2ccsc2)c1. The highest BCUT2D eigenvalue weighted by Gasteiger charge is 2.16. The van der Waals surface area contributed by atoms with Crippen LogP contribution >= 0.6 is 11.3 Å². The number of hydrogen-bond acceptors (Lipinski definition) is 4. The lowest BCUT2D eigenvalue weighted by Gasteiger charge is -2.12. The van der Waals surface area contributed by atoms with Crippen LogP contribution in [0.1, 0.15) is 22.8 Å². The Labute approximate surface area is 133 Å². The first-order valence-corrected chi connectivity index (χ1v) is 7.78. The lowest BCUT2D eigenvalue weighted by molar-refractivity contribution is -0.136. The standard InChI is InChI=1S/C16H18N2O3S/c1-10-3-4-11(2)13(7-10)18-16(21)15(20)17-8-14(19)12-5-6-22-9-12/h3-7,9,14,19H,8H2,1-2H3,(H,17,20)(H,18,21). The number of aryl methyl sites for hydroxylation is 2. The van der Waals surface area contributed by atoms with Crippen LogP contribution in [0.15, 0.2) is 35.0 Å². The average Bonchev–Trinajstić information content (AvgIpc) is 3.02. The van der Waals surface area contributed by atoms with Gasteiger partial charge in [0, 0.05) is 12.2 Å². The van der Waals surface area contributed by atoms with E-state index in [9.17, 15) is 14.7 Å².